The number of aliphatic hydroxyl groups excluding tert-OH is 1. The van der Waals surface area contributed by atoms with Gasteiger partial charge in [-0.1, -0.05) is 25.1 Å². The zero-order chi connectivity index (χ0) is 25.7. The summed E-state index contributed by atoms with van der Waals surface area (Å²) in [6.45, 7) is 8.68. The second-order valence-electron chi connectivity index (χ2n) is 9.50. The molecule has 0 amide bonds. The summed E-state index contributed by atoms with van der Waals surface area (Å²) in [5.74, 6) is -2.40. The third-order valence-corrected chi connectivity index (χ3v) is 7.88. The molecule has 0 fully saturated rings. The third kappa shape index (κ3) is 4.75. The molecule has 0 bridgehead atoms. The van der Waals surface area contributed by atoms with Gasteiger partial charge in [0.15, 0.2) is 0 Å². The number of aromatic amines is 1. The number of fused-ring (bicyclic) bond motifs is 1. The van der Waals surface area contributed by atoms with E-state index in [1.54, 1.807) is 39.8 Å². The minimum absolute atomic E-state index is 0.0385. The van der Waals surface area contributed by atoms with Gasteiger partial charge in [0.25, 0.3) is 0 Å². The molecule has 11 heteroatoms. The van der Waals surface area contributed by atoms with Crippen LogP contribution >= 0.6 is 0 Å². The van der Waals surface area contributed by atoms with E-state index in [9.17, 15) is 22.7 Å². The summed E-state index contributed by atoms with van der Waals surface area (Å²) in [4.78, 5) is 11.5. The van der Waals surface area contributed by atoms with Gasteiger partial charge >= 0.3 is 5.76 Å². The first-order chi connectivity index (χ1) is 16.3. The van der Waals surface area contributed by atoms with Gasteiger partial charge in [0, 0.05) is 17.9 Å². The second kappa shape index (κ2) is 8.89. The SMILES string of the molecule is Cc1ccc(F)c([C@@H](C)[C@H](NS(=O)(=O)c2cccc3c2OC(C)(C)CC3O)c2n[nH]c(=O)o2)c1C. The van der Waals surface area contributed by atoms with Crippen molar-refractivity contribution in [3.8, 4) is 5.75 Å². The summed E-state index contributed by atoms with van der Waals surface area (Å²) >= 11 is 0. The van der Waals surface area contributed by atoms with Gasteiger partial charge in [0.1, 0.15) is 28.1 Å². The quantitative estimate of drug-likeness (QED) is 0.466. The molecule has 1 unspecified atom stereocenters. The van der Waals surface area contributed by atoms with Gasteiger partial charge < -0.3 is 14.3 Å². The molecule has 1 aliphatic heterocycles. The highest BCUT2D eigenvalue weighted by Gasteiger charge is 2.39. The van der Waals surface area contributed by atoms with Gasteiger partial charge in [-0.2, -0.15) is 4.72 Å². The number of nitrogens with zero attached hydrogens (tertiary/aromatic N) is 1. The van der Waals surface area contributed by atoms with Gasteiger partial charge in [-0.05, 0) is 56.5 Å². The number of ether oxygens (including phenoxy) is 1. The molecule has 4 rings (SSSR count). The number of halogens is 1. The minimum atomic E-state index is -4.33. The Bertz CT molecular complexity index is 1430. The van der Waals surface area contributed by atoms with Crippen molar-refractivity contribution in [1.29, 1.82) is 0 Å². The van der Waals surface area contributed by atoms with Crippen molar-refractivity contribution in [2.45, 2.75) is 69.6 Å². The summed E-state index contributed by atoms with van der Waals surface area (Å²) in [7, 11) is -4.33. The number of hydrogen-bond acceptors (Lipinski definition) is 7. The molecule has 0 aliphatic carbocycles. The number of sulfonamides is 1. The largest absolute Gasteiger partial charge is 0.486 e. The second-order valence-corrected chi connectivity index (χ2v) is 11.2. The standard InChI is InChI=1S/C24H28FN3O6S/c1-12-9-10-16(25)19(13(12)2)14(3)20(22-26-27-23(30)33-22)28-35(31,32)18-8-6-7-15-17(29)11-24(4,5)34-21(15)18/h6-10,14,17,20,28-29H,11H2,1-5H3,(H,27,30)/t14-,17?,20+/m1/s1. The van der Waals surface area contributed by atoms with Gasteiger partial charge in [0.2, 0.25) is 15.9 Å². The lowest BCUT2D eigenvalue weighted by atomic mass is 9.88. The molecule has 0 radical (unpaired) electrons. The van der Waals surface area contributed by atoms with Crippen LogP contribution in [0.4, 0.5) is 4.39 Å². The number of benzene rings is 2. The molecule has 9 nitrogen and oxygen atoms in total. The average Bonchev–Trinajstić information content (AvgIpc) is 3.19. The van der Waals surface area contributed by atoms with Crippen molar-refractivity contribution in [2.24, 2.45) is 0 Å². The highest BCUT2D eigenvalue weighted by atomic mass is 32.2. The number of rotatable bonds is 6. The fourth-order valence-electron chi connectivity index (χ4n) is 4.51. The predicted molar refractivity (Wildman–Crippen MR) is 125 cm³/mol. The van der Waals surface area contributed by atoms with Crippen LogP contribution in [0.1, 0.15) is 73.4 Å². The van der Waals surface area contributed by atoms with E-state index in [1.165, 1.54) is 18.2 Å². The Kier molecular flexibility index (Phi) is 6.37. The van der Waals surface area contributed by atoms with Crippen molar-refractivity contribution >= 4 is 10.0 Å². The van der Waals surface area contributed by atoms with Crippen LogP contribution in [0.15, 0.2) is 44.4 Å². The Labute approximate surface area is 202 Å². The van der Waals surface area contributed by atoms with Crippen LogP contribution in [-0.2, 0) is 10.0 Å². The van der Waals surface area contributed by atoms with Crippen LogP contribution in [0.3, 0.4) is 0 Å². The topological polar surface area (TPSA) is 135 Å². The van der Waals surface area contributed by atoms with Crippen molar-refractivity contribution in [3.63, 3.8) is 0 Å². The number of nitrogens with one attached hydrogen (secondary N) is 2. The molecule has 1 aliphatic rings. The molecule has 1 aromatic heterocycles. The van der Waals surface area contributed by atoms with E-state index in [1.807, 2.05) is 6.92 Å². The van der Waals surface area contributed by atoms with Crippen LogP contribution < -0.4 is 15.2 Å². The van der Waals surface area contributed by atoms with E-state index in [-0.39, 0.29) is 22.1 Å². The van der Waals surface area contributed by atoms with Crippen LogP contribution in [0.25, 0.3) is 0 Å². The van der Waals surface area contributed by atoms with E-state index in [2.05, 4.69) is 14.9 Å². The number of hydrogen-bond donors (Lipinski definition) is 3. The number of H-pyrrole nitrogens is 1. The monoisotopic (exact) mass is 505 g/mol. The van der Waals surface area contributed by atoms with E-state index < -0.39 is 45.3 Å². The minimum Gasteiger partial charge on any atom is -0.486 e. The number of aryl methyl sites for hydroxylation is 1. The summed E-state index contributed by atoms with van der Waals surface area (Å²) in [6.07, 6.45) is -0.618. The molecule has 0 saturated carbocycles. The first-order valence-electron chi connectivity index (χ1n) is 11.1. The molecule has 2 heterocycles. The van der Waals surface area contributed by atoms with Crippen molar-refractivity contribution < 1.29 is 27.1 Å². The van der Waals surface area contributed by atoms with Crippen LogP contribution in [0.5, 0.6) is 5.75 Å². The van der Waals surface area contributed by atoms with Crippen LogP contribution in [-0.4, -0.2) is 29.3 Å². The van der Waals surface area contributed by atoms with Crippen molar-refractivity contribution in [2.75, 3.05) is 0 Å². The molecule has 3 N–H and O–H groups in total. The molecule has 0 spiro atoms. The fraction of sp³-hybridized carbons (Fsp3) is 0.417. The summed E-state index contributed by atoms with van der Waals surface area (Å²) < 4.78 is 55.8. The maximum absolute atomic E-state index is 14.9. The average molecular weight is 506 g/mol. The van der Waals surface area contributed by atoms with E-state index in [0.29, 0.717) is 17.5 Å². The number of aliphatic hydroxyl groups is 1. The first-order valence-corrected chi connectivity index (χ1v) is 12.6. The summed E-state index contributed by atoms with van der Waals surface area (Å²) in [5, 5.41) is 16.5. The number of para-hydroxylation sites is 1. The van der Waals surface area contributed by atoms with E-state index >= 15 is 0 Å². The zero-order valence-electron chi connectivity index (χ0n) is 20.0. The lowest BCUT2D eigenvalue weighted by Gasteiger charge is -2.36. The maximum atomic E-state index is 14.9. The van der Waals surface area contributed by atoms with Gasteiger partial charge in [0.05, 0.1) is 6.10 Å². The normalized spacial score (nSPS) is 19.0. The highest BCUT2D eigenvalue weighted by molar-refractivity contribution is 7.89. The Morgan fingerprint density at radius 2 is 1.97 bits per heavy atom. The third-order valence-electron chi connectivity index (χ3n) is 6.41. The Hall–Kier alpha value is -3.02. The van der Waals surface area contributed by atoms with Crippen molar-refractivity contribution in [3.05, 3.63) is 74.8 Å². The Morgan fingerprint density at radius 3 is 2.63 bits per heavy atom. The van der Waals surface area contributed by atoms with E-state index in [0.717, 1.165) is 5.56 Å². The number of aromatic nitrogens is 2. The Balaban J connectivity index is 1.82. The lowest BCUT2D eigenvalue weighted by Crippen LogP contribution is -2.37. The smallest absolute Gasteiger partial charge is 0.434 e. The van der Waals surface area contributed by atoms with Crippen LogP contribution in [0, 0.1) is 19.7 Å². The molecule has 188 valence electrons. The molecule has 35 heavy (non-hydrogen) atoms. The highest BCUT2D eigenvalue weighted by Crippen LogP contribution is 2.43. The zero-order valence-corrected chi connectivity index (χ0v) is 20.9. The summed E-state index contributed by atoms with van der Waals surface area (Å²) in [6, 6.07) is 6.19. The molecular formula is C24H28FN3O6S. The first kappa shape index (κ1) is 25.1. The lowest BCUT2D eigenvalue weighted by molar-refractivity contribution is 0.00882. The van der Waals surface area contributed by atoms with Crippen LogP contribution in [0.2, 0.25) is 0 Å². The van der Waals surface area contributed by atoms with Gasteiger partial charge in [-0.15, -0.1) is 5.10 Å². The molecule has 3 aromatic rings. The van der Waals surface area contributed by atoms with Gasteiger partial charge in [-0.25, -0.2) is 22.7 Å². The van der Waals surface area contributed by atoms with Crippen molar-refractivity contribution in [1.82, 2.24) is 14.9 Å². The molecule has 3 atom stereocenters. The van der Waals surface area contributed by atoms with E-state index in [4.69, 9.17) is 9.15 Å². The Morgan fingerprint density at radius 1 is 1.26 bits per heavy atom. The summed E-state index contributed by atoms with van der Waals surface area (Å²) in [5.41, 5.74) is 1.28. The molecule has 2 aromatic carbocycles. The molecular weight excluding hydrogens is 477 g/mol. The predicted octanol–water partition coefficient (Wildman–Crippen LogP) is 3.54. The maximum Gasteiger partial charge on any atom is 0.434 e. The fourth-order valence-corrected chi connectivity index (χ4v) is 5.94. The van der Waals surface area contributed by atoms with Gasteiger partial charge in [-0.3, -0.25) is 0 Å². The molecule has 0 saturated heterocycles.